The smallest absolute Gasteiger partial charge is 0.366 e. The molecular formula is C16H17F3N4O. The van der Waals surface area contributed by atoms with Crippen molar-refractivity contribution < 1.29 is 18.0 Å². The van der Waals surface area contributed by atoms with E-state index in [1.807, 2.05) is 13.8 Å². The van der Waals surface area contributed by atoms with E-state index in [9.17, 15) is 18.0 Å². The van der Waals surface area contributed by atoms with Crippen molar-refractivity contribution in [2.45, 2.75) is 32.5 Å². The Labute approximate surface area is 137 Å². The summed E-state index contributed by atoms with van der Waals surface area (Å²) in [5.74, 6) is 0.00720. The van der Waals surface area contributed by atoms with E-state index in [0.717, 1.165) is 18.6 Å². The maximum Gasteiger partial charge on any atom is 0.416 e. The van der Waals surface area contributed by atoms with E-state index in [-0.39, 0.29) is 17.4 Å². The first-order valence-corrected chi connectivity index (χ1v) is 7.36. The highest BCUT2D eigenvalue weighted by atomic mass is 19.4. The van der Waals surface area contributed by atoms with E-state index in [1.165, 1.54) is 24.5 Å². The van der Waals surface area contributed by atoms with Gasteiger partial charge in [-0.3, -0.25) is 4.79 Å². The van der Waals surface area contributed by atoms with Crippen LogP contribution in [0.2, 0.25) is 0 Å². The van der Waals surface area contributed by atoms with Gasteiger partial charge in [0.05, 0.1) is 18.0 Å². The summed E-state index contributed by atoms with van der Waals surface area (Å²) in [6, 6.07) is 4.41. The molecule has 1 aromatic heterocycles. The lowest BCUT2D eigenvalue weighted by molar-refractivity contribution is -0.137. The van der Waals surface area contributed by atoms with Gasteiger partial charge in [0.15, 0.2) is 0 Å². The van der Waals surface area contributed by atoms with Crippen LogP contribution in [0.25, 0.3) is 0 Å². The third kappa shape index (κ3) is 4.68. The summed E-state index contributed by atoms with van der Waals surface area (Å²) in [5.41, 5.74) is -0.457. The number of hydrogen-bond acceptors (Lipinski definition) is 4. The van der Waals surface area contributed by atoms with E-state index < -0.39 is 17.6 Å². The molecule has 1 amide bonds. The SMILES string of the molecule is CCC(C)Nc1cnc(C(=O)Nc2ccc(C(F)(F)F)cc2)cn1. The van der Waals surface area contributed by atoms with Crippen LogP contribution in [-0.2, 0) is 6.18 Å². The molecule has 0 radical (unpaired) electrons. The van der Waals surface area contributed by atoms with Crippen LogP contribution in [0.5, 0.6) is 0 Å². The Hall–Kier alpha value is -2.64. The van der Waals surface area contributed by atoms with Crippen LogP contribution in [0.15, 0.2) is 36.7 Å². The normalized spacial score (nSPS) is 12.5. The highest BCUT2D eigenvalue weighted by Crippen LogP contribution is 2.29. The highest BCUT2D eigenvalue weighted by molar-refractivity contribution is 6.02. The van der Waals surface area contributed by atoms with Crippen LogP contribution >= 0.6 is 0 Å². The molecule has 0 fully saturated rings. The molecule has 1 aromatic carbocycles. The van der Waals surface area contributed by atoms with Crippen molar-refractivity contribution in [3.05, 3.63) is 47.9 Å². The molecule has 0 saturated carbocycles. The third-order valence-electron chi connectivity index (χ3n) is 3.36. The van der Waals surface area contributed by atoms with Gasteiger partial charge in [-0.15, -0.1) is 0 Å². The summed E-state index contributed by atoms with van der Waals surface area (Å²) < 4.78 is 37.5. The zero-order valence-corrected chi connectivity index (χ0v) is 13.2. The number of nitrogens with zero attached hydrogens (tertiary/aromatic N) is 2. The van der Waals surface area contributed by atoms with Gasteiger partial charge in [-0.1, -0.05) is 6.92 Å². The fourth-order valence-corrected chi connectivity index (χ4v) is 1.81. The summed E-state index contributed by atoms with van der Waals surface area (Å²) in [6.07, 6.45) is -0.748. The minimum Gasteiger partial charge on any atom is -0.366 e. The summed E-state index contributed by atoms with van der Waals surface area (Å²) in [7, 11) is 0. The van der Waals surface area contributed by atoms with Crippen molar-refractivity contribution in [2.24, 2.45) is 0 Å². The first kappa shape index (κ1) is 17.7. The highest BCUT2D eigenvalue weighted by Gasteiger charge is 2.30. The predicted molar refractivity (Wildman–Crippen MR) is 84.8 cm³/mol. The van der Waals surface area contributed by atoms with Gasteiger partial charge in [0.2, 0.25) is 0 Å². The van der Waals surface area contributed by atoms with Crippen molar-refractivity contribution in [1.82, 2.24) is 9.97 Å². The van der Waals surface area contributed by atoms with Gasteiger partial charge in [0.25, 0.3) is 5.91 Å². The second-order valence-electron chi connectivity index (χ2n) is 5.27. The standard InChI is InChI=1S/C16H17F3N4O/c1-3-10(2)22-14-9-20-13(8-21-14)15(24)23-12-6-4-11(5-7-12)16(17,18)19/h4-10H,3H2,1-2H3,(H,21,22)(H,23,24). The molecule has 8 heteroatoms. The van der Waals surface area contributed by atoms with Crippen LogP contribution in [0.4, 0.5) is 24.7 Å². The molecule has 0 bridgehead atoms. The van der Waals surface area contributed by atoms with E-state index in [0.29, 0.717) is 5.82 Å². The van der Waals surface area contributed by atoms with Crippen LogP contribution in [0.3, 0.4) is 0 Å². The number of halogens is 3. The number of rotatable bonds is 5. The molecule has 1 unspecified atom stereocenters. The molecule has 5 nitrogen and oxygen atoms in total. The van der Waals surface area contributed by atoms with Crippen LogP contribution < -0.4 is 10.6 Å². The van der Waals surface area contributed by atoms with E-state index in [2.05, 4.69) is 20.6 Å². The molecule has 128 valence electrons. The molecule has 2 rings (SSSR count). The molecule has 1 heterocycles. The van der Waals surface area contributed by atoms with Crippen molar-refractivity contribution in [2.75, 3.05) is 10.6 Å². The van der Waals surface area contributed by atoms with Gasteiger partial charge in [0.1, 0.15) is 11.5 Å². The maximum atomic E-state index is 12.5. The molecule has 1 atom stereocenters. The minimum atomic E-state index is -4.41. The Morgan fingerprint density at radius 2 is 1.83 bits per heavy atom. The van der Waals surface area contributed by atoms with Crippen molar-refractivity contribution >= 4 is 17.4 Å². The molecule has 0 spiro atoms. The molecule has 0 saturated heterocycles. The fourth-order valence-electron chi connectivity index (χ4n) is 1.81. The number of aromatic nitrogens is 2. The van der Waals surface area contributed by atoms with Gasteiger partial charge < -0.3 is 10.6 Å². The largest absolute Gasteiger partial charge is 0.416 e. The summed E-state index contributed by atoms with van der Waals surface area (Å²) >= 11 is 0. The Morgan fingerprint density at radius 3 is 2.33 bits per heavy atom. The van der Waals surface area contributed by atoms with Crippen LogP contribution in [0, 0.1) is 0 Å². The number of amides is 1. The molecular weight excluding hydrogens is 321 g/mol. The van der Waals surface area contributed by atoms with Gasteiger partial charge in [-0.05, 0) is 37.6 Å². The van der Waals surface area contributed by atoms with Gasteiger partial charge >= 0.3 is 6.18 Å². The number of alkyl halides is 3. The molecule has 2 aromatic rings. The molecule has 0 aliphatic rings. The first-order valence-electron chi connectivity index (χ1n) is 7.36. The van der Waals surface area contributed by atoms with E-state index in [1.54, 1.807) is 0 Å². The second kappa shape index (κ2) is 7.29. The summed E-state index contributed by atoms with van der Waals surface area (Å²) in [6.45, 7) is 4.02. The number of nitrogens with one attached hydrogen (secondary N) is 2. The van der Waals surface area contributed by atoms with E-state index in [4.69, 9.17) is 0 Å². The lowest BCUT2D eigenvalue weighted by Gasteiger charge is -2.11. The Balaban J connectivity index is 2.02. The number of carbonyl (C=O) groups is 1. The van der Waals surface area contributed by atoms with Crippen molar-refractivity contribution in [3.63, 3.8) is 0 Å². The third-order valence-corrected chi connectivity index (χ3v) is 3.36. The fraction of sp³-hybridized carbons (Fsp3) is 0.312. The number of hydrogen-bond donors (Lipinski definition) is 2. The quantitative estimate of drug-likeness (QED) is 0.866. The monoisotopic (exact) mass is 338 g/mol. The van der Waals surface area contributed by atoms with Crippen molar-refractivity contribution in [3.8, 4) is 0 Å². The number of carbonyl (C=O) groups excluding carboxylic acids is 1. The Bertz CT molecular complexity index is 684. The lowest BCUT2D eigenvalue weighted by Crippen LogP contribution is -2.17. The molecule has 0 aliphatic carbocycles. The van der Waals surface area contributed by atoms with E-state index >= 15 is 0 Å². The first-order chi connectivity index (χ1) is 11.3. The zero-order valence-electron chi connectivity index (χ0n) is 13.2. The molecule has 24 heavy (non-hydrogen) atoms. The van der Waals surface area contributed by atoms with Gasteiger partial charge in [0, 0.05) is 11.7 Å². The average molecular weight is 338 g/mol. The number of benzene rings is 1. The zero-order chi connectivity index (χ0) is 17.7. The average Bonchev–Trinajstić information content (AvgIpc) is 2.55. The minimum absolute atomic E-state index is 0.0737. The summed E-state index contributed by atoms with van der Waals surface area (Å²) in [4.78, 5) is 20.1. The predicted octanol–water partition coefficient (Wildman–Crippen LogP) is 3.96. The Kier molecular flexibility index (Phi) is 5.38. The van der Waals surface area contributed by atoms with Gasteiger partial charge in [-0.2, -0.15) is 13.2 Å². The topological polar surface area (TPSA) is 66.9 Å². The number of anilines is 2. The maximum absolute atomic E-state index is 12.5. The van der Waals surface area contributed by atoms with Crippen molar-refractivity contribution in [1.29, 1.82) is 0 Å². The molecule has 2 N–H and O–H groups in total. The van der Waals surface area contributed by atoms with Gasteiger partial charge in [-0.25, -0.2) is 9.97 Å². The lowest BCUT2D eigenvalue weighted by atomic mass is 10.2. The summed E-state index contributed by atoms with van der Waals surface area (Å²) in [5, 5.41) is 5.59. The Morgan fingerprint density at radius 1 is 1.17 bits per heavy atom. The van der Waals surface area contributed by atoms with Crippen LogP contribution in [0.1, 0.15) is 36.3 Å². The molecule has 0 aliphatic heterocycles. The van der Waals surface area contributed by atoms with Crippen LogP contribution in [-0.4, -0.2) is 21.9 Å². The second-order valence-corrected chi connectivity index (χ2v) is 5.27.